The fourth-order valence-corrected chi connectivity index (χ4v) is 7.62. The van der Waals surface area contributed by atoms with Crippen molar-refractivity contribution < 1.29 is 0 Å². The van der Waals surface area contributed by atoms with Gasteiger partial charge in [0, 0.05) is 28.4 Å². The Morgan fingerprint density at radius 2 is 1.18 bits per heavy atom. The lowest BCUT2D eigenvalue weighted by atomic mass is 9.33. The second-order valence-electron chi connectivity index (χ2n) is 14.6. The van der Waals surface area contributed by atoms with Crippen molar-refractivity contribution in [2.24, 2.45) is 5.92 Å². The van der Waals surface area contributed by atoms with Gasteiger partial charge < -0.3 is 9.80 Å². The second kappa shape index (κ2) is 11.4. The van der Waals surface area contributed by atoms with Crippen LogP contribution in [-0.4, -0.2) is 12.8 Å². The average molecular weight is 591 g/mol. The first kappa shape index (κ1) is 29.7. The zero-order valence-electron chi connectivity index (χ0n) is 28.3. The van der Waals surface area contributed by atoms with Crippen molar-refractivity contribution in [2.75, 3.05) is 9.80 Å². The van der Waals surface area contributed by atoms with Gasteiger partial charge in [-0.25, -0.2) is 0 Å². The molecule has 3 aliphatic rings. The monoisotopic (exact) mass is 590 g/mol. The number of fused-ring (bicyclic) bond motifs is 4. The van der Waals surface area contributed by atoms with E-state index in [1.54, 1.807) is 0 Å². The fraction of sp³-hybridized carbons (Fsp3) is 0.333. The maximum absolute atomic E-state index is 2.65. The Morgan fingerprint density at radius 1 is 0.600 bits per heavy atom. The van der Waals surface area contributed by atoms with Crippen LogP contribution >= 0.6 is 0 Å². The molecule has 0 spiro atoms. The van der Waals surface area contributed by atoms with Crippen LogP contribution in [0.1, 0.15) is 96.3 Å². The van der Waals surface area contributed by atoms with Gasteiger partial charge >= 0.3 is 0 Å². The molecular weight excluding hydrogens is 543 g/mol. The largest absolute Gasteiger partial charge is 0.335 e. The summed E-state index contributed by atoms with van der Waals surface area (Å²) in [5.74, 6) is 1.97. The summed E-state index contributed by atoms with van der Waals surface area (Å²) in [4.78, 5) is 5.18. The molecule has 228 valence electrons. The molecular formula is C42H47BN2. The van der Waals surface area contributed by atoms with Crippen LogP contribution in [0.2, 0.25) is 0 Å². The van der Waals surface area contributed by atoms with Gasteiger partial charge in [0.25, 0.3) is 6.71 Å². The normalized spacial score (nSPS) is 16.8. The van der Waals surface area contributed by atoms with Gasteiger partial charge in [-0.15, -0.1) is 0 Å². The van der Waals surface area contributed by atoms with Crippen LogP contribution in [0.3, 0.4) is 0 Å². The predicted molar refractivity (Wildman–Crippen MR) is 197 cm³/mol. The third kappa shape index (κ3) is 4.96. The van der Waals surface area contributed by atoms with Gasteiger partial charge in [-0.1, -0.05) is 116 Å². The molecule has 0 radical (unpaired) electrons. The maximum Gasteiger partial charge on any atom is 0.252 e. The van der Waals surface area contributed by atoms with E-state index in [-0.39, 0.29) is 12.8 Å². The zero-order chi connectivity index (χ0) is 31.6. The van der Waals surface area contributed by atoms with E-state index in [4.69, 9.17) is 0 Å². The van der Waals surface area contributed by atoms with Crippen molar-refractivity contribution in [1.82, 2.24) is 0 Å². The Bertz CT molecular complexity index is 1810. The van der Waals surface area contributed by atoms with Gasteiger partial charge in [-0.2, -0.15) is 0 Å². The number of allylic oxidation sites excluding steroid dienone is 2. The highest BCUT2D eigenvalue weighted by Crippen LogP contribution is 2.43. The Hall–Kier alpha value is -3.98. The Labute approximate surface area is 271 Å². The van der Waals surface area contributed by atoms with E-state index in [9.17, 15) is 0 Å². The predicted octanol–water partition coefficient (Wildman–Crippen LogP) is 9.72. The summed E-state index contributed by atoms with van der Waals surface area (Å²) in [6.07, 6.45) is 8.30. The molecule has 2 heterocycles. The smallest absolute Gasteiger partial charge is 0.252 e. The molecule has 45 heavy (non-hydrogen) atoms. The molecule has 2 nitrogen and oxygen atoms in total. The summed E-state index contributed by atoms with van der Waals surface area (Å²) >= 11 is 0. The lowest BCUT2D eigenvalue weighted by Gasteiger charge is -2.46. The number of nitrogens with zero attached hydrogens (tertiary/aromatic N) is 2. The van der Waals surface area contributed by atoms with Crippen LogP contribution in [0.5, 0.6) is 0 Å². The van der Waals surface area contributed by atoms with Gasteiger partial charge in [0.2, 0.25) is 0 Å². The Kier molecular flexibility index (Phi) is 7.55. The molecule has 3 heteroatoms. The van der Waals surface area contributed by atoms with Crippen molar-refractivity contribution >= 4 is 51.5 Å². The number of benzene rings is 4. The van der Waals surface area contributed by atoms with Crippen molar-refractivity contribution in [3.63, 3.8) is 0 Å². The fourth-order valence-electron chi connectivity index (χ4n) is 7.62. The van der Waals surface area contributed by atoms with Crippen molar-refractivity contribution in [3.8, 4) is 0 Å². The molecule has 7 rings (SSSR count). The highest BCUT2D eigenvalue weighted by molar-refractivity contribution is 7.00. The first-order chi connectivity index (χ1) is 21.6. The van der Waals surface area contributed by atoms with E-state index in [0.29, 0.717) is 23.7 Å². The quantitative estimate of drug-likeness (QED) is 0.182. The molecule has 0 aromatic heterocycles. The molecule has 0 fully saturated rings. The molecule has 0 bridgehead atoms. The number of anilines is 5. The summed E-state index contributed by atoms with van der Waals surface area (Å²) in [6, 6.07) is 31.1. The lowest BCUT2D eigenvalue weighted by molar-refractivity contribution is 0.732. The van der Waals surface area contributed by atoms with Crippen molar-refractivity contribution in [2.45, 2.75) is 85.6 Å². The highest BCUT2D eigenvalue weighted by atomic mass is 15.2. The molecule has 0 saturated heterocycles. The molecule has 0 saturated carbocycles. The van der Waals surface area contributed by atoms with E-state index in [0.717, 1.165) is 6.42 Å². The SMILES string of the molecule is CC(C)C1=CCC(N2c3ccc(C(C)C)cc3B3c4cc(C(C)C)ccc4N(c4ccc(C(C)C)cc4)c4cccc2c43)C=C1. The van der Waals surface area contributed by atoms with Crippen LogP contribution in [0.15, 0.2) is 103 Å². The van der Waals surface area contributed by atoms with Gasteiger partial charge in [0.1, 0.15) is 0 Å². The third-order valence-corrected chi connectivity index (χ3v) is 10.3. The highest BCUT2D eigenvalue weighted by Gasteiger charge is 2.44. The van der Waals surface area contributed by atoms with Gasteiger partial charge in [0.15, 0.2) is 0 Å². The van der Waals surface area contributed by atoms with Gasteiger partial charge in [-0.3, -0.25) is 0 Å². The van der Waals surface area contributed by atoms with E-state index >= 15 is 0 Å². The zero-order valence-corrected chi connectivity index (χ0v) is 28.3. The van der Waals surface area contributed by atoms with Crippen LogP contribution < -0.4 is 26.2 Å². The molecule has 1 unspecified atom stereocenters. The first-order valence-electron chi connectivity index (χ1n) is 17.1. The van der Waals surface area contributed by atoms with Gasteiger partial charge in [-0.05, 0) is 105 Å². The summed E-state index contributed by atoms with van der Waals surface area (Å²) < 4.78 is 0. The van der Waals surface area contributed by atoms with E-state index in [1.807, 2.05) is 0 Å². The Balaban J connectivity index is 1.50. The van der Waals surface area contributed by atoms with E-state index in [2.05, 4.69) is 162 Å². The summed E-state index contributed by atoms with van der Waals surface area (Å²) in [5.41, 5.74) is 16.4. The number of hydrogen-bond acceptors (Lipinski definition) is 2. The molecule has 2 aliphatic heterocycles. The molecule has 0 N–H and O–H groups in total. The molecule has 4 aromatic carbocycles. The average Bonchev–Trinajstić information content (AvgIpc) is 3.04. The maximum atomic E-state index is 2.65. The minimum absolute atomic E-state index is 0.176. The van der Waals surface area contributed by atoms with Crippen LogP contribution in [-0.2, 0) is 0 Å². The third-order valence-electron chi connectivity index (χ3n) is 10.3. The van der Waals surface area contributed by atoms with Crippen LogP contribution in [0, 0.1) is 5.92 Å². The summed E-state index contributed by atoms with van der Waals surface area (Å²) in [7, 11) is 0. The Morgan fingerprint density at radius 3 is 1.76 bits per heavy atom. The lowest BCUT2D eigenvalue weighted by Crippen LogP contribution is -2.62. The first-order valence-corrected chi connectivity index (χ1v) is 17.1. The molecule has 0 amide bonds. The van der Waals surface area contributed by atoms with Gasteiger partial charge in [0.05, 0.1) is 6.04 Å². The molecule has 1 aliphatic carbocycles. The number of rotatable bonds is 6. The standard InChI is InChI=1S/C42H47BN2/c1-26(2)30-12-18-34(19-13-30)44-38-22-16-32(28(5)6)24-36(38)43-37-25-33(29(7)8)17-23-39(37)45(41-11-9-10-40(44)42(41)43)35-20-14-31(15-21-35)27(3)4/h9-20,22-29,35H,21H2,1-8H3. The minimum Gasteiger partial charge on any atom is -0.335 e. The summed E-state index contributed by atoms with van der Waals surface area (Å²) in [5, 5.41) is 0. The molecule has 4 aromatic rings. The van der Waals surface area contributed by atoms with E-state index in [1.165, 1.54) is 67.1 Å². The number of hydrogen-bond donors (Lipinski definition) is 0. The minimum atomic E-state index is 0.176. The van der Waals surface area contributed by atoms with Crippen molar-refractivity contribution in [1.29, 1.82) is 0 Å². The molecule has 1 atom stereocenters. The van der Waals surface area contributed by atoms with Crippen LogP contribution in [0.25, 0.3) is 0 Å². The topological polar surface area (TPSA) is 6.48 Å². The summed E-state index contributed by atoms with van der Waals surface area (Å²) in [6.45, 7) is 18.6. The van der Waals surface area contributed by atoms with Crippen LogP contribution in [0.4, 0.5) is 28.4 Å². The second-order valence-corrected chi connectivity index (χ2v) is 14.6. The van der Waals surface area contributed by atoms with E-state index < -0.39 is 0 Å². The van der Waals surface area contributed by atoms with Crippen molar-refractivity contribution in [3.05, 3.63) is 119 Å².